The van der Waals surface area contributed by atoms with E-state index in [2.05, 4.69) is 19.9 Å². The first-order chi connectivity index (χ1) is 10.3. The van der Waals surface area contributed by atoms with Crippen LogP contribution in [-0.2, 0) is 15.8 Å². The number of aromatic nitrogens is 4. The van der Waals surface area contributed by atoms with E-state index in [1.54, 1.807) is 11.5 Å². The van der Waals surface area contributed by atoms with Crippen molar-refractivity contribution in [2.75, 3.05) is 6.35 Å². The quantitative estimate of drug-likeness (QED) is 0.302. The van der Waals surface area contributed by atoms with Gasteiger partial charge < -0.3 is 30.6 Å². The highest BCUT2D eigenvalue weighted by atomic mass is 31.2. The second kappa shape index (κ2) is 6.36. The molecule has 0 saturated carbocycles. The van der Waals surface area contributed by atoms with Crippen molar-refractivity contribution < 1.29 is 19.1 Å². The SMILES string of the molecule is C[C@@H](Cn1cnc2ncnc(N=C(N)N)c21)OCP(=O)(O)O. The fourth-order valence-corrected chi connectivity index (χ4v) is 2.24. The number of hydrogen-bond donors (Lipinski definition) is 4. The van der Waals surface area contributed by atoms with Crippen molar-refractivity contribution in [1.82, 2.24) is 19.5 Å². The highest BCUT2D eigenvalue weighted by Gasteiger charge is 2.17. The van der Waals surface area contributed by atoms with E-state index in [4.69, 9.17) is 26.0 Å². The number of nitrogens with zero attached hydrogens (tertiary/aromatic N) is 5. The van der Waals surface area contributed by atoms with E-state index in [0.29, 0.717) is 11.2 Å². The monoisotopic (exact) mass is 329 g/mol. The summed E-state index contributed by atoms with van der Waals surface area (Å²) < 4.78 is 17.6. The number of ether oxygens (including phenoxy) is 1. The molecule has 0 unspecified atom stereocenters. The second-order valence-corrected chi connectivity index (χ2v) is 6.16. The largest absolute Gasteiger partial charge is 0.370 e. The lowest BCUT2D eigenvalue weighted by molar-refractivity contribution is 0.0765. The van der Waals surface area contributed by atoms with Gasteiger partial charge in [-0.3, -0.25) is 4.57 Å². The van der Waals surface area contributed by atoms with Crippen LogP contribution < -0.4 is 11.5 Å². The summed E-state index contributed by atoms with van der Waals surface area (Å²) in [6.45, 7) is 1.95. The van der Waals surface area contributed by atoms with Gasteiger partial charge >= 0.3 is 7.60 Å². The van der Waals surface area contributed by atoms with Gasteiger partial charge in [-0.2, -0.15) is 4.99 Å². The summed E-state index contributed by atoms with van der Waals surface area (Å²) in [5.74, 6) is 0.100. The summed E-state index contributed by atoms with van der Waals surface area (Å²) in [6.07, 6.45) is 1.66. The lowest BCUT2D eigenvalue weighted by Crippen LogP contribution is -2.22. The van der Waals surface area contributed by atoms with Crippen molar-refractivity contribution >= 4 is 30.5 Å². The first-order valence-corrected chi connectivity index (χ1v) is 7.97. The molecule has 0 aromatic carbocycles. The van der Waals surface area contributed by atoms with Crippen LogP contribution in [0.2, 0.25) is 0 Å². The van der Waals surface area contributed by atoms with Crippen molar-refractivity contribution in [1.29, 1.82) is 0 Å². The summed E-state index contributed by atoms with van der Waals surface area (Å²) in [6, 6.07) is 0. The standard InChI is InChI=1S/C10H16N7O4P/c1-6(21-5-22(18,19)20)2-17-4-15-8-7(17)9(14-3-13-8)16-10(11)12/h3-4,6H,2,5H2,1H3,(H2,18,19,20)(H4,11,12,13,14,16)/t6-/m0/s1. The van der Waals surface area contributed by atoms with Crippen LogP contribution in [0, 0.1) is 0 Å². The number of imidazole rings is 1. The van der Waals surface area contributed by atoms with E-state index >= 15 is 0 Å². The molecule has 0 spiro atoms. The number of fused-ring (bicyclic) bond motifs is 1. The van der Waals surface area contributed by atoms with E-state index < -0.39 is 20.0 Å². The van der Waals surface area contributed by atoms with Gasteiger partial charge in [0.15, 0.2) is 17.4 Å². The van der Waals surface area contributed by atoms with Gasteiger partial charge in [0, 0.05) is 0 Å². The predicted molar refractivity (Wildman–Crippen MR) is 78.3 cm³/mol. The normalized spacial score (nSPS) is 13.2. The first-order valence-electron chi connectivity index (χ1n) is 6.18. The summed E-state index contributed by atoms with van der Waals surface area (Å²) >= 11 is 0. The summed E-state index contributed by atoms with van der Waals surface area (Å²) in [5, 5.41) is 0. The maximum absolute atomic E-state index is 10.8. The highest BCUT2D eigenvalue weighted by Crippen LogP contribution is 2.34. The van der Waals surface area contributed by atoms with Crippen LogP contribution >= 0.6 is 7.60 Å². The molecule has 0 fully saturated rings. The zero-order chi connectivity index (χ0) is 16.3. The van der Waals surface area contributed by atoms with Crippen molar-refractivity contribution in [3.63, 3.8) is 0 Å². The van der Waals surface area contributed by atoms with Crippen LogP contribution in [0.15, 0.2) is 17.6 Å². The molecule has 0 radical (unpaired) electrons. The Hall–Kier alpha value is -2.07. The number of rotatable bonds is 6. The minimum Gasteiger partial charge on any atom is -0.370 e. The van der Waals surface area contributed by atoms with Crippen LogP contribution in [0.5, 0.6) is 0 Å². The molecule has 0 bridgehead atoms. The van der Waals surface area contributed by atoms with E-state index in [0.717, 1.165) is 0 Å². The number of guanidine groups is 1. The molecule has 0 saturated heterocycles. The Morgan fingerprint density at radius 1 is 1.45 bits per heavy atom. The van der Waals surface area contributed by atoms with E-state index in [9.17, 15) is 4.57 Å². The van der Waals surface area contributed by atoms with Gasteiger partial charge in [-0.1, -0.05) is 0 Å². The van der Waals surface area contributed by atoms with Crippen molar-refractivity contribution in [3.8, 4) is 0 Å². The molecule has 0 aliphatic rings. The van der Waals surface area contributed by atoms with Crippen molar-refractivity contribution in [2.45, 2.75) is 19.6 Å². The highest BCUT2D eigenvalue weighted by molar-refractivity contribution is 7.51. The minimum absolute atomic E-state index is 0.154. The van der Waals surface area contributed by atoms with Crippen molar-refractivity contribution in [2.24, 2.45) is 16.5 Å². The molecule has 120 valence electrons. The molecular weight excluding hydrogens is 313 g/mol. The molecule has 22 heavy (non-hydrogen) atoms. The topological polar surface area (TPSA) is 175 Å². The molecule has 6 N–H and O–H groups in total. The zero-order valence-corrected chi connectivity index (χ0v) is 12.6. The first kappa shape index (κ1) is 16.3. The van der Waals surface area contributed by atoms with Crippen LogP contribution in [0.3, 0.4) is 0 Å². The molecule has 0 amide bonds. The van der Waals surface area contributed by atoms with Crippen LogP contribution in [-0.4, -0.2) is 47.7 Å². The lowest BCUT2D eigenvalue weighted by atomic mass is 10.4. The maximum atomic E-state index is 10.8. The van der Waals surface area contributed by atoms with Gasteiger partial charge in [0.1, 0.15) is 18.2 Å². The van der Waals surface area contributed by atoms with Crippen molar-refractivity contribution in [3.05, 3.63) is 12.7 Å². The van der Waals surface area contributed by atoms with Gasteiger partial charge in [-0.05, 0) is 6.92 Å². The molecule has 2 heterocycles. The van der Waals surface area contributed by atoms with Gasteiger partial charge in [0.25, 0.3) is 0 Å². The number of nitrogens with two attached hydrogens (primary N) is 2. The molecule has 0 aliphatic carbocycles. The fraction of sp³-hybridized carbons (Fsp3) is 0.400. The van der Waals surface area contributed by atoms with Gasteiger partial charge in [0.05, 0.1) is 19.0 Å². The smallest absolute Gasteiger partial charge is 0.350 e. The molecule has 11 nitrogen and oxygen atoms in total. The van der Waals surface area contributed by atoms with E-state index in [1.807, 2.05) is 0 Å². The van der Waals surface area contributed by atoms with Crippen LogP contribution in [0.4, 0.5) is 5.82 Å². The molecule has 2 aromatic rings. The Bertz CT molecular complexity index is 736. The molecule has 0 aliphatic heterocycles. The molecule has 2 rings (SSSR count). The lowest BCUT2D eigenvalue weighted by Gasteiger charge is -2.15. The summed E-state index contributed by atoms with van der Waals surface area (Å²) in [5.41, 5.74) is 11.6. The Labute approximate surface area is 125 Å². The number of aliphatic imine (C=N–C) groups is 1. The summed E-state index contributed by atoms with van der Waals surface area (Å²) in [7, 11) is -4.21. The second-order valence-electron chi connectivity index (χ2n) is 4.57. The zero-order valence-electron chi connectivity index (χ0n) is 11.7. The third kappa shape index (κ3) is 4.21. The molecular formula is C10H16N7O4P. The average molecular weight is 329 g/mol. The minimum atomic E-state index is -4.21. The van der Waals surface area contributed by atoms with Crippen LogP contribution in [0.1, 0.15) is 6.92 Å². The average Bonchev–Trinajstić information content (AvgIpc) is 2.79. The Morgan fingerprint density at radius 3 is 2.82 bits per heavy atom. The maximum Gasteiger partial charge on any atom is 0.350 e. The van der Waals surface area contributed by atoms with Gasteiger partial charge in [-0.15, -0.1) is 0 Å². The van der Waals surface area contributed by atoms with Gasteiger partial charge in [0.2, 0.25) is 0 Å². The summed E-state index contributed by atoms with van der Waals surface area (Å²) in [4.78, 5) is 33.6. The van der Waals surface area contributed by atoms with E-state index in [-0.39, 0.29) is 18.3 Å². The fourth-order valence-electron chi connectivity index (χ4n) is 1.79. The Kier molecular flexibility index (Phi) is 4.71. The Morgan fingerprint density at radius 2 is 2.18 bits per heavy atom. The molecule has 2 aromatic heterocycles. The third-order valence-electron chi connectivity index (χ3n) is 2.61. The van der Waals surface area contributed by atoms with Crippen LogP contribution in [0.25, 0.3) is 11.2 Å². The number of hydrogen-bond acceptors (Lipinski definition) is 6. The predicted octanol–water partition coefficient (Wildman–Crippen LogP) is -0.728. The van der Waals surface area contributed by atoms with Gasteiger partial charge in [-0.25, -0.2) is 15.0 Å². The molecule has 1 atom stereocenters. The van der Waals surface area contributed by atoms with E-state index in [1.165, 1.54) is 12.7 Å². The molecule has 12 heteroatoms. The Balaban J connectivity index is 2.25. The third-order valence-corrected chi connectivity index (χ3v) is 3.09.